The molecule has 2 rings (SSSR count). The number of phenols is 1. The van der Waals surface area contributed by atoms with E-state index >= 15 is 0 Å². The van der Waals surface area contributed by atoms with Crippen LogP contribution in [0.25, 0.3) is 0 Å². The van der Waals surface area contributed by atoms with E-state index < -0.39 is 6.43 Å². The van der Waals surface area contributed by atoms with Crippen molar-refractivity contribution in [1.29, 1.82) is 0 Å². The predicted molar refractivity (Wildman–Crippen MR) is 70.6 cm³/mol. The molecule has 106 valence electrons. The lowest BCUT2D eigenvalue weighted by atomic mass is 9.99. The van der Waals surface area contributed by atoms with E-state index in [4.69, 9.17) is 0 Å². The molecule has 1 heterocycles. The Hall–Kier alpha value is -1.20. The number of piperazine rings is 1. The second-order valence-electron chi connectivity index (χ2n) is 4.97. The number of alkyl halides is 2. The van der Waals surface area contributed by atoms with Crippen molar-refractivity contribution in [3.8, 4) is 5.75 Å². The number of nitrogens with one attached hydrogen (secondary N) is 1. The Bertz CT molecular complexity index is 420. The van der Waals surface area contributed by atoms with Crippen molar-refractivity contribution in [2.45, 2.75) is 25.8 Å². The summed E-state index contributed by atoms with van der Waals surface area (Å²) >= 11 is 0. The van der Waals surface area contributed by atoms with Gasteiger partial charge in [0.05, 0.1) is 0 Å². The summed E-state index contributed by atoms with van der Waals surface area (Å²) in [5.41, 5.74) is 1.59. The zero-order chi connectivity index (χ0) is 13.8. The molecule has 0 bridgehead atoms. The van der Waals surface area contributed by atoms with Crippen LogP contribution in [-0.4, -0.2) is 42.6 Å². The van der Waals surface area contributed by atoms with Crippen LogP contribution in [0.5, 0.6) is 5.75 Å². The fourth-order valence-corrected chi connectivity index (χ4v) is 2.54. The molecular weight excluding hydrogens is 250 g/mol. The highest BCUT2D eigenvalue weighted by Crippen LogP contribution is 2.30. The summed E-state index contributed by atoms with van der Waals surface area (Å²) < 4.78 is 25.6. The normalized spacial score (nSPS) is 18.7. The summed E-state index contributed by atoms with van der Waals surface area (Å²) in [7, 11) is 0. The van der Waals surface area contributed by atoms with E-state index in [9.17, 15) is 13.9 Å². The molecule has 1 aromatic rings. The van der Waals surface area contributed by atoms with Gasteiger partial charge in [-0.25, -0.2) is 8.78 Å². The first-order valence-corrected chi connectivity index (χ1v) is 6.60. The maximum Gasteiger partial charge on any atom is 0.240 e. The number of halogens is 2. The van der Waals surface area contributed by atoms with Crippen LogP contribution in [0.2, 0.25) is 0 Å². The largest absolute Gasteiger partial charge is 0.508 e. The van der Waals surface area contributed by atoms with Crippen LogP contribution in [0.3, 0.4) is 0 Å². The number of benzene rings is 1. The van der Waals surface area contributed by atoms with Gasteiger partial charge in [-0.2, -0.15) is 0 Å². The Labute approximate surface area is 112 Å². The Morgan fingerprint density at radius 2 is 2.00 bits per heavy atom. The number of aromatic hydroxyl groups is 1. The van der Waals surface area contributed by atoms with E-state index in [2.05, 4.69) is 10.2 Å². The fourth-order valence-electron chi connectivity index (χ4n) is 2.54. The van der Waals surface area contributed by atoms with Gasteiger partial charge in [-0.15, -0.1) is 0 Å². The summed E-state index contributed by atoms with van der Waals surface area (Å²) in [6, 6.07) is 4.87. The molecule has 1 aliphatic heterocycles. The molecule has 0 unspecified atom stereocenters. The van der Waals surface area contributed by atoms with Crippen molar-refractivity contribution in [1.82, 2.24) is 10.2 Å². The smallest absolute Gasteiger partial charge is 0.240 e. The summed E-state index contributed by atoms with van der Waals surface area (Å²) in [5.74, 6) is 0.208. The third-order valence-electron chi connectivity index (χ3n) is 3.60. The van der Waals surface area contributed by atoms with Crippen LogP contribution >= 0.6 is 0 Å². The Morgan fingerprint density at radius 1 is 1.32 bits per heavy atom. The number of phenolic OH excluding ortho intramolecular Hbond substituents is 1. The molecule has 0 saturated carbocycles. The Balaban J connectivity index is 2.22. The standard InChI is InChI=1S/C14H20F2N2O/c1-10-8-11(2-3-13(10)19)12(9-14(15)16)18-6-4-17-5-7-18/h2-3,8,12,14,17,19H,4-7,9H2,1H3/t12-/m1/s1. The molecule has 1 atom stereocenters. The maximum absolute atomic E-state index is 12.8. The van der Waals surface area contributed by atoms with Crippen LogP contribution in [0.4, 0.5) is 8.78 Å². The van der Waals surface area contributed by atoms with Crippen LogP contribution in [0.15, 0.2) is 18.2 Å². The summed E-state index contributed by atoms with van der Waals surface area (Å²) in [4.78, 5) is 2.09. The molecule has 19 heavy (non-hydrogen) atoms. The van der Waals surface area contributed by atoms with Gasteiger partial charge < -0.3 is 10.4 Å². The predicted octanol–water partition coefficient (Wildman–Crippen LogP) is 2.30. The average Bonchev–Trinajstić information content (AvgIpc) is 2.40. The summed E-state index contributed by atoms with van der Waals surface area (Å²) in [6.45, 7) is 5.00. The monoisotopic (exact) mass is 270 g/mol. The number of hydrogen-bond acceptors (Lipinski definition) is 3. The van der Waals surface area contributed by atoms with Gasteiger partial charge in [0.1, 0.15) is 5.75 Å². The number of hydrogen-bond donors (Lipinski definition) is 2. The van der Waals surface area contributed by atoms with E-state index in [-0.39, 0.29) is 18.2 Å². The van der Waals surface area contributed by atoms with E-state index in [0.29, 0.717) is 0 Å². The molecule has 0 radical (unpaired) electrons. The van der Waals surface area contributed by atoms with Crippen molar-refractivity contribution in [2.75, 3.05) is 26.2 Å². The number of nitrogens with zero attached hydrogens (tertiary/aromatic N) is 1. The first-order chi connectivity index (χ1) is 9.08. The quantitative estimate of drug-likeness (QED) is 0.881. The lowest BCUT2D eigenvalue weighted by Crippen LogP contribution is -2.45. The van der Waals surface area contributed by atoms with Crippen molar-refractivity contribution < 1.29 is 13.9 Å². The molecule has 2 N–H and O–H groups in total. The van der Waals surface area contributed by atoms with Gasteiger partial charge in [0.25, 0.3) is 0 Å². The minimum Gasteiger partial charge on any atom is -0.508 e. The van der Waals surface area contributed by atoms with Crippen molar-refractivity contribution in [3.05, 3.63) is 29.3 Å². The summed E-state index contributed by atoms with van der Waals surface area (Å²) in [5, 5.41) is 12.8. The SMILES string of the molecule is Cc1cc([C@@H](CC(F)F)N2CCNCC2)ccc1O. The highest BCUT2D eigenvalue weighted by molar-refractivity contribution is 5.36. The molecule has 1 fully saturated rings. The zero-order valence-corrected chi connectivity index (χ0v) is 11.1. The van der Waals surface area contributed by atoms with Gasteiger partial charge in [-0.3, -0.25) is 4.90 Å². The first kappa shape index (κ1) is 14.2. The maximum atomic E-state index is 12.8. The van der Waals surface area contributed by atoms with Crippen LogP contribution in [0, 0.1) is 6.92 Å². The first-order valence-electron chi connectivity index (χ1n) is 6.60. The second-order valence-corrected chi connectivity index (χ2v) is 4.97. The van der Waals surface area contributed by atoms with E-state index in [1.807, 2.05) is 6.07 Å². The topological polar surface area (TPSA) is 35.5 Å². The van der Waals surface area contributed by atoms with Gasteiger partial charge in [0.2, 0.25) is 6.43 Å². The molecule has 0 aromatic heterocycles. The molecule has 1 aromatic carbocycles. The number of rotatable bonds is 4. The minimum absolute atomic E-state index is 0.162. The average molecular weight is 270 g/mol. The molecular formula is C14H20F2N2O. The molecule has 0 amide bonds. The van der Waals surface area contributed by atoms with E-state index in [1.54, 1.807) is 19.1 Å². The Kier molecular flexibility index (Phi) is 4.71. The number of aryl methyl sites for hydroxylation is 1. The van der Waals surface area contributed by atoms with Gasteiger partial charge in [0, 0.05) is 38.6 Å². The molecule has 5 heteroatoms. The van der Waals surface area contributed by atoms with Crippen LogP contribution in [0.1, 0.15) is 23.6 Å². The lowest BCUT2D eigenvalue weighted by molar-refractivity contribution is 0.0739. The molecule has 1 aliphatic rings. The highest BCUT2D eigenvalue weighted by atomic mass is 19.3. The van der Waals surface area contributed by atoms with Crippen LogP contribution < -0.4 is 5.32 Å². The van der Waals surface area contributed by atoms with Gasteiger partial charge >= 0.3 is 0 Å². The second kappa shape index (κ2) is 6.30. The highest BCUT2D eigenvalue weighted by Gasteiger charge is 2.25. The molecule has 0 aliphatic carbocycles. The van der Waals surface area contributed by atoms with Crippen molar-refractivity contribution >= 4 is 0 Å². The third-order valence-corrected chi connectivity index (χ3v) is 3.60. The molecule has 1 saturated heterocycles. The fraction of sp³-hybridized carbons (Fsp3) is 0.571. The van der Waals surface area contributed by atoms with Gasteiger partial charge in [-0.05, 0) is 24.1 Å². The van der Waals surface area contributed by atoms with E-state index in [0.717, 1.165) is 37.3 Å². The summed E-state index contributed by atoms with van der Waals surface area (Å²) in [6.07, 6.45) is -2.49. The van der Waals surface area contributed by atoms with Gasteiger partial charge in [0.15, 0.2) is 0 Å². The zero-order valence-electron chi connectivity index (χ0n) is 11.1. The molecule has 0 spiro atoms. The lowest BCUT2D eigenvalue weighted by Gasteiger charge is -2.35. The molecule has 3 nitrogen and oxygen atoms in total. The van der Waals surface area contributed by atoms with Crippen LogP contribution in [-0.2, 0) is 0 Å². The third kappa shape index (κ3) is 3.64. The minimum atomic E-state index is -2.33. The van der Waals surface area contributed by atoms with E-state index in [1.165, 1.54) is 0 Å². The van der Waals surface area contributed by atoms with Gasteiger partial charge in [-0.1, -0.05) is 12.1 Å². The van der Waals surface area contributed by atoms with Crippen molar-refractivity contribution in [3.63, 3.8) is 0 Å². The Morgan fingerprint density at radius 3 is 2.58 bits per heavy atom. The van der Waals surface area contributed by atoms with Crippen molar-refractivity contribution in [2.24, 2.45) is 0 Å².